The van der Waals surface area contributed by atoms with Crippen LogP contribution in [0.25, 0.3) is 0 Å². The maximum atomic E-state index is 13.3. The van der Waals surface area contributed by atoms with Crippen LogP contribution >= 0.6 is 11.8 Å². The third-order valence-electron chi connectivity index (χ3n) is 4.61. The molecule has 0 saturated carbocycles. The molecule has 0 saturated heterocycles. The Hall–Kier alpha value is -2.20. The molecule has 0 unspecified atom stereocenters. The molecule has 0 spiro atoms. The van der Waals surface area contributed by atoms with E-state index >= 15 is 0 Å². The van der Waals surface area contributed by atoms with Crippen LogP contribution in [0.4, 0.5) is 4.39 Å². The Balaban J connectivity index is 0.00000512. The van der Waals surface area contributed by atoms with Gasteiger partial charge in [0.2, 0.25) is 0 Å². The van der Waals surface area contributed by atoms with Gasteiger partial charge in [-0.25, -0.2) is 4.39 Å². The number of benzene rings is 1. The molecule has 0 radical (unpaired) electrons. The summed E-state index contributed by atoms with van der Waals surface area (Å²) >= 11 is 6.58. The number of nitrogens with one attached hydrogen (secondary N) is 2. The Bertz CT molecular complexity index is 1030. The molecule has 176 valence electrons. The van der Waals surface area contributed by atoms with Crippen LogP contribution in [0.3, 0.4) is 0 Å². The summed E-state index contributed by atoms with van der Waals surface area (Å²) in [6, 6.07) is 8.56. The minimum atomic E-state index is -0.247. The zero-order valence-electron chi connectivity index (χ0n) is 18.8. The van der Waals surface area contributed by atoms with Gasteiger partial charge in [-0.3, -0.25) is 20.8 Å². The number of thioether (sulfide) groups is 1. The summed E-state index contributed by atoms with van der Waals surface area (Å²) in [5.74, 6) is -0.247. The summed E-state index contributed by atoms with van der Waals surface area (Å²) in [6.07, 6.45) is 1.92. The summed E-state index contributed by atoms with van der Waals surface area (Å²) in [6.45, 7) is 6.52. The van der Waals surface area contributed by atoms with Gasteiger partial charge in [-0.2, -0.15) is 10.2 Å². The molecule has 11 heteroatoms. The predicted molar refractivity (Wildman–Crippen MR) is 133 cm³/mol. The fraction of sp³-hybridized carbons (Fsp3) is 0.333. The van der Waals surface area contributed by atoms with E-state index in [4.69, 9.17) is 12.6 Å². The van der Waals surface area contributed by atoms with E-state index in [0.717, 1.165) is 22.5 Å². The number of amidine groups is 2. The van der Waals surface area contributed by atoms with Gasteiger partial charge >= 0.3 is 17.1 Å². The number of hydrazone groups is 2. The first-order valence-corrected chi connectivity index (χ1v) is 11.1. The Morgan fingerprint density at radius 3 is 2.31 bits per heavy atom. The molecule has 2 aromatic rings. The van der Waals surface area contributed by atoms with Gasteiger partial charge in [-0.05, 0) is 56.0 Å². The van der Waals surface area contributed by atoms with Crippen LogP contribution in [-0.2, 0) is 36.2 Å². The number of nitrogens with zero attached hydrogens (tertiary/aromatic N) is 5. The topological polar surface area (TPSA) is 78.4 Å². The largest absolute Gasteiger partial charge is 1.00 e. The van der Waals surface area contributed by atoms with Crippen LogP contribution in [0.2, 0.25) is 0 Å². The quantitative estimate of drug-likeness (QED) is 0.200. The normalized spacial score (nSPS) is 13.1. The SMILES string of the molecule is CN=C([S-])N/N=C(/C(C)=N/NC(=NC)SC)c1cc(C)n(Cc2ccc(F)cc2)c1C.[Cu+]. The number of aromatic nitrogens is 1. The number of aryl methyl sites for hydroxylation is 1. The second-order valence-electron chi connectivity index (χ2n) is 6.64. The van der Waals surface area contributed by atoms with E-state index in [9.17, 15) is 4.39 Å². The summed E-state index contributed by atoms with van der Waals surface area (Å²) in [5.41, 5.74) is 11.0. The number of aliphatic imine (C=N–C) groups is 2. The molecule has 0 fully saturated rings. The second kappa shape index (κ2) is 13.4. The van der Waals surface area contributed by atoms with Crippen LogP contribution in [0.1, 0.15) is 29.4 Å². The molecular weight excluding hydrogens is 497 g/mol. The monoisotopic (exact) mass is 523 g/mol. The zero-order valence-corrected chi connectivity index (χ0v) is 21.4. The first kappa shape index (κ1) is 27.8. The van der Waals surface area contributed by atoms with Crippen molar-refractivity contribution < 1.29 is 21.5 Å². The molecule has 32 heavy (non-hydrogen) atoms. The van der Waals surface area contributed by atoms with E-state index in [0.29, 0.717) is 23.1 Å². The molecule has 1 heterocycles. The first-order valence-electron chi connectivity index (χ1n) is 9.51. The van der Waals surface area contributed by atoms with Crippen molar-refractivity contribution in [1.82, 2.24) is 15.4 Å². The molecule has 0 aliphatic rings. The third kappa shape index (κ3) is 7.44. The smallest absolute Gasteiger partial charge is 0.741 e. The first-order chi connectivity index (χ1) is 14.8. The van der Waals surface area contributed by atoms with Gasteiger partial charge < -0.3 is 17.2 Å². The molecule has 0 aliphatic heterocycles. The van der Waals surface area contributed by atoms with Gasteiger partial charge in [0.15, 0.2) is 5.17 Å². The minimum Gasteiger partial charge on any atom is -0.741 e. The average Bonchev–Trinajstić information content (AvgIpc) is 3.04. The van der Waals surface area contributed by atoms with Crippen LogP contribution in [-0.4, -0.2) is 46.7 Å². The van der Waals surface area contributed by atoms with Crippen molar-refractivity contribution >= 4 is 46.1 Å². The predicted octanol–water partition coefficient (Wildman–Crippen LogP) is 3.43. The van der Waals surface area contributed by atoms with Crippen molar-refractivity contribution in [2.24, 2.45) is 20.2 Å². The van der Waals surface area contributed by atoms with Gasteiger partial charge in [0.25, 0.3) is 0 Å². The van der Waals surface area contributed by atoms with Crippen molar-refractivity contribution in [1.29, 1.82) is 0 Å². The molecule has 0 aliphatic carbocycles. The Morgan fingerprint density at radius 1 is 1.09 bits per heavy atom. The standard InChI is InChI=1S/C21H28FN7S2.Cu/c1-13-11-18(15(3)29(13)12-16-7-9-17(22)10-8-16)19(26-27-20(30)23-4)14(2)25-28-21(24-5)31-6;/h7-11H,12H2,1-6H3,(H,24,28)(H2,23,27,30);/q;+1/p-1/b25-14+,26-19-;. The van der Waals surface area contributed by atoms with E-state index in [-0.39, 0.29) is 28.1 Å². The third-order valence-corrected chi connectivity index (χ3v) is 5.54. The summed E-state index contributed by atoms with van der Waals surface area (Å²) in [4.78, 5) is 8.05. The van der Waals surface area contributed by atoms with E-state index < -0.39 is 0 Å². The van der Waals surface area contributed by atoms with Crippen LogP contribution in [0, 0.1) is 19.7 Å². The Morgan fingerprint density at radius 2 is 1.75 bits per heavy atom. The summed E-state index contributed by atoms with van der Waals surface area (Å²) < 4.78 is 15.4. The fourth-order valence-electron chi connectivity index (χ4n) is 2.92. The van der Waals surface area contributed by atoms with Gasteiger partial charge in [-0.1, -0.05) is 23.9 Å². The second-order valence-corrected chi connectivity index (χ2v) is 7.82. The van der Waals surface area contributed by atoms with Crippen LogP contribution in [0.15, 0.2) is 50.5 Å². The van der Waals surface area contributed by atoms with Crippen molar-refractivity contribution in [2.45, 2.75) is 27.3 Å². The molecule has 0 bridgehead atoms. The summed E-state index contributed by atoms with van der Waals surface area (Å²) in [5, 5.41) is 9.88. The Kier molecular flexibility index (Phi) is 11.6. The van der Waals surface area contributed by atoms with Crippen molar-refractivity contribution in [2.75, 3.05) is 20.4 Å². The molecule has 2 rings (SSSR count). The molecular formula is C21H27CuFN7S2. The van der Waals surface area contributed by atoms with E-state index in [2.05, 4.69) is 35.6 Å². The van der Waals surface area contributed by atoms with Crippen molar-refractivity contribution in [3.63, 3.8) is 0 Å². The van der Waals surface area contributed by atoms with Crippen molar-refractivity contribution in [3.8, 4) is 0 Å². The van der Waals surface area contributed by atoms with Crippen LogP contribution < -0.4 is 10.9 Å². The molecule has 7 nitrogen and oxygen atoms in total. The van der Waals surface area contributed by atoms with E-state index in [1.165, 1.54) is 23.9 Å². The summed E-state index contributed by atoms with van der Waals surface area (Å²) in [7, 11) is 3.30. The van der Waals surface area contributed by atoms with Gasteiger partial charge in [0.05, 0.1) is 5.71 Å². The molecule has 1 aromatic heterocycles. The van der Waals surface area contributed by atoms with Crippen molar-refractivity contribution in [3.05, 3.63) is 58.7 Å². The molecule has 0 atom stereocenters. The van der Waals surface area contributed by atoms with E-state index in [1.54, 1.807) is 26.2 Å². The van der Waals surface area contributed by atoms with Crippen LogP contribution in [0.5, 0.6) is 0 Å². The van der Waals surface area contributed by atoms with E-state index in [1.807, 2.05) is 33.1 Å². The fourth-order valence-corrected chi connectivity index (χ4v) is 3.28. The van der Waals surface area contributed by atoms with Gasteiger partial charge in [-0.15, -0.1) is 0 Å². The number of halogens is 1. The number of hydrogen-bond acceptors (Lipinski definition) is 6. The molecule has 0 amide bonds. The zero-order chi connectivity index (χ0) is 23.0. The number of hydrogen-bond donors (Lipinski definition) is 2. The average molecular weight is 524 g/mol. The van der Waals surface area contributed by atoms with Gasteiger partial charge in [0, 0.05) is 37.6 Å². The number of rotatable bonds is 6. The minimum absolute atomic E-state index is 0. The van der Waals surface area contributed by atoms with Gasteiger partial charge in [0.1, 0.15) is 11.5 Å². The molecule has 2 N–H and O–H groups in total. The Labute approximate surface area is 209 Å². The maximum Gasteiger partial charge on any atom is 1.00 e. The maximum absolute atomic E-state index is 13.3. The molecule has 1 aromatic carbocycles.